The molecule has 0 spiro atoms. The third-order valence-electron chi connectivity index (χ3n) is 3.76. The van der Waals surface area contributed by atoms with Gasteiger partial charge in [0.25, 0.3) is 0 Å². The molecule has 4 rings (SSSR count). The highest BCUT2D eigenvalue weighted by molar-refractivity contribution is 7.14. The second-order valence-electron chi connectivity index (χ2n) is 5.78. The Balaban J connectivity index is 1.40. The second-order valence-corrected chi connectivity index (χ2v) is 8.28. The van der Waals surface area contributed by atoms with E-state index in [2.05, 4.69) is 39.7 Å². The van der Waals surface area contributed by atoms with Gasteiger partial charge in [0, 0.05) is 27.3 Å². The smallest absolute Gasteiger partial charge is 0.232 e. The number of aryl methyl sites for hydroxylation is 1. The highest BCUT2D eigenvalue weighted by Crippen LogP contribution is 2.27. The molecule has 0 atom stereocenters. The maximum Gasteiger partial charge on any atom is 0.232 e. The number of thiazole rings is 2. The maximum atomic E-state index is 12.3. The van der Waals surface area contributed by atoms with Crippen LogP contribution in [0.5, 0.6) is 0 Å². The van der Waals surface area contributed by atoms with Gasteiger partial charge in [-0.15, -0.1) is 22.7 Å². The number of thiophene rings is 1. The lowest BCUT2D eigenvalue weighted by atomic mass is 10.1. The van der Waals surface area contributed by atoms with E-state index in [1.165, 1.54) is 16.9 Å². The Hall–Kier alpha value is -2.35. The van der Waals surface area contributed by atoms with E-state index >= 15 is 0 Å². The number of nitrogens with one attached hydrogen (secondary N) is 1. The zero-order valence-electron chi connectivity index (χ0n) is 13.9. The van der Waals surface area contributed by atoms with E-state index in [0.29, 0.717) is 5.13 Å². The molecule has 0 aliphatic heterocycles. The number of carbonyl (C=O) groups excluding carboxylic acids is 1. The summed E-state index contributed by atoms with van der Waals surface area (Å²) < 4.78 is 0. The van der Waals surface area contributed by atoms with Crippen LogP contribution < -0.4 is 5.32 Å². The molecule has 26 heavy (non-hydrogen) atoms. The number of hydrogen-bond donors (Lipinski definition) is 1. The summed E-state index contributed by atoms with van der Waals surface area (Å²) in [5, 5.41) is 12.4. The Morgan fingerprint density at radius 2 is 1.85 bits per heavy atom. The first-order valence-electron chi connectivity index (χ1n) is 7.97. The minimum absolute atomic E-state index is 0.100. The van der Waals surface area contributed by atoms with Gasteiger partial charge in [-0.3, -0.25) is 4.79 Å². The Bertz CT molecular complexity index is 1020. The number of carbonyl (C=O) groups is 1. The molecular weight excluding hydrogens is 382 g/mol. The van der Waals surface area contributed by atoms with Crippen molar-refractivity contribution in [2.75, 3.05) is 5.32 Å². The Morgan fingerprint density at radius 3 is 2.62 bits per heavy atom. The SMILES string of the molecule is Cc1ccc(-c2csc(NC(=O)Cc3csc(-c4ccsc4)n3)n2)cc1. The number of anilines is 1. The van der Waals surface area contributed by atoms with E-state index in [9.17, 15) is 4.79 Å². The van der Waals surface area contributed by atoms with E-state index in [1.807, 2.05) is 34.3 Å². The van der Waals surface area contributed by atoms with Gasteiger partial charge in [-0.2, -0.15) is 11.3 Å². The summed E-state index contributed by atoms with van der Waals surface area (Å²) in [6.45, 7) is 2.05. The number of aromatic nitrogens is 2. The first-order valence-corrected chi connectivity index (χ1v) is 10.7. The van der Waals surface area contributed by atoms with Crippen molar-refractivity contribution in [3.63, 3.8) is 0 Å². The van der Waals surface area contributed by atoms with Gasteiger partial charge in [-0.25, -0.2) is 9.97 Å². The van der Waals surface area contributed by atoms with Crippen LogP contribution in [0.2, 0.25) is 0 Å². The molecule has 1 aromatic carbocycles. The molecule has 0 radical (unpaired) electrons. The van der Waals surface area contributed by atoms with Crippen molar-refractivity contribution in [2.45, 2.75) is 13.3 Å². The van der Waals surface area contributed by atoms with Crippen molar-refractivity contribution in [1.82, 2.24) is 9.97 Å². The predicted octanol–water partition coefficient (Wildman–Crippen LogP) is 5.48. The lowest BCUT2D eigenvalue weighted by Crippen LogP contribution is -2.14. The minimum Gasteiger partial charge on any atom is -0.302 e. The van der Waals surface area contributed by atoms with Gasteiger partial charge >= 0.3 is 0 Å². The summed E-state index contributed by atoms with van der Waals surface area (Å²) in [7, 11) is 0. The Kier molecular flexibility index (Phi) is 4.92. The zero-order chi connectivity index (χ0) is 17.9. The molecule has 3 heterocycles. The summed E-state index contributed by atoms with van der Waals surface area (Å²) in [6.07, 6.45) is 0.250. The van der Waals surface area contributed by atoms with Gasteiger partial charge in [0.2, 0.25) is 5.91 Å². The number of amides is 1. The number of rotatable bonds is 5. The molecule has 0 fully saturated rings. The third-order valence-corrected chi connectivity index (χ3v) is 6.14. The number of nitrogens with zero attached hydrogens (tertiary/aromatic N) is 2. The van der Waals surface area contributed by atoms with Crippen LogP contribution in [0.3, 0.4) is 0 Å². The van der Waals surface area contributed by atoms with Crippen molar-refractivity contribution in [2.24, 2.45) is 0 Å². The maximum absolute atomic E-state index is 12.3. The normalized spacial score (nSPS) is 10.8. The third kappa shape index (κ3) is 3.90. The van der Waals surface area contributed by atoms with Crippen molar-refractivity contribution in [3.8, 4) is 21.8 Å². The Labute approximate surface area is 163 Å². The average Bonchev–Trinajstić information content (AvgIpc) is 3.36. The van der Waals surface area contributed by atoms with E-state index in [4.69, 9.17) is 0 Å². The van der Waals surface area contributed by atoms with Crippen LogP contribution in [0.4, 0.5) is 5.13 Å². The molecule has 0 unspecified atom stereocenters. The van der Waals surface area contributed by atoms with Gasteiger partial charge in [0.05, 0.1) is 17.8 Å². The van der Waals surface area contributed by atoms with Crippen molar-refractivity contribution in [3.05, 3.63) is 63.1 Å². The summed E-state index contributed by atoms with van der Waals surface area (Å²) >= 11 is 4.63. The van der Waals surface area contributed by atoms with Crippen LogP contribution in [-0.4, -0.2) is 15.9 Å². The van der Waals surface area contributed by atoms with Crippen LogP contribution in [0.15, 0.2) is 51.9 Å². The molecule has 0 aliphatic rings. The van der Waals surface area contributed by atoms with Gasteiger partial charge in [-0.05, 0) is 18.4 Å². The standard InChI is InChI=1S/C19H15N3OS3/c1-12-2-4-13(5-3-12)16-11-26-19(21-16)22-17(23)8-15-10-25-18(20-15)14-6-7-24-9-14/h2-7,9-11H,8H2,1H3,(H,21,22,23). The molecule has 1 amide bonds. The zero-order valence-corrected chi connectivity index (χ0v) is 16.4. The molecule has 0 saturated carbocycles. The second kappa shape index (κ2) is 7.49. The molecule has 3 aromatic heterocycles. The minimum atomic E-state index is -0.100. The highest BCUT2D eigenvalue weighted by atomic mass is 32.1. The Morgan fingerprint density at radius 1 is 1.00 bits per heavy atom. The molecule has 130 valence electrons. The van der Waals surface area contributed by atoms with Crippen molar-refractivity contribution >= 4 is 45.0 Å². The van der Waals surface area contributed by atoms with E-state index < -0.39 is 0 Å². The van der Waals surface area contributed by atoms with Crippen LogP contribution in [-0.2, 0) is 11.2 Å². The monoisotopic (exact) mass is 397 g/mol. The predicted molar refractivity (Wildman–Crippen MR) is 110 cm³/mol. The fraction of sp³-hybridized carbons (Fsp3) is 0.105. The van der Waals surface area contributed by atoms with E-state index in [1.54, 1.807) is 22.7 Å². The van der Waals surface area contributed by atoms with Crippen LogP contribution >= 0.6 is 34.0 Å². The quantitative estimate of drug-likeness (QED) is 0.485. The molecule has 4 nitrogen and oxygen atoms in total. The first-order chi connectivity index (χ1) is 12.7. The molecule has 0 saturated heterocycles. The summed E-state index contributed by atoms with van der Waals surface area (Å²) in [4.78, 5) is 21.3. The van der Waals surface area contributed by atoms with E-state index in [0.717, 1.165) is 27.5 Å². The van der Waals surface area contributed by atoms with Gasteiger partial charge in [0.15, 0.2) is 5.13 Å². The lowest BCUT2D eigenvalue weighted by Gasteiger charge is -2.00. The molecule has 1 N–H and O–H groups in total. The largest absolute Gasteiger partial charge is 0.302 e. The average molecular weight is 398 g/mol. The number of hydrogen-bond acceptors (Lipinski definition) is 6. The fourth-order valence-corrected chi connectivity index (χ4v) is 4.69. The van der Waals surface area contributed by atoms with Gasteiger partial charge in [0.1, 0.15) is 5.01 Å². The van der Waals surface area contributed by atoms with Gasteiger partial charge in [-0.1, -0.05) is 29.8 Å². The number of benzene rings is 1. The molecule has 0 bridgehead atoms. The first kappa shape index (κ1) is 17.1. The van der Waals surface area contributed by atoms with Crippen LogP contribution in [0, 0.1) is 6.92 Å². The van der Waals surface area contributed by atoms with Crippen molar-refractivity contribution in [1.29, 1.82) is 0 Å². The summed E-state index contributed by atoms with van der Waals surface area (Å²) in [5.74, 6) is -0.100. The highest BCUT2D eigenvalue weighted by Gasteiger charge is 2.12. The summed E-state index contributed by atoms with van der Waals surface area (Å²) in [5.41, 5.74) is 5.02. The van der Waals surface area contributed by atoms with Crippen molar-refractivity contribution < 1.29 is 4.79 Å². The summed E-state index contributed by atoms with van der Waals surface area (Å²) in [6, 6.07) is 10.2. The van der Waals surface area contributed by atoms with Crippen LogP contribution in [0.25, 0.3) is 21.8 Å². The van der Waals surface area contributed by atoms with E-state index in [-0.39, 0.29) is 12.3 Å². The molecular formula is C19H15N3OS3. The molecule has 7 heteroatoms. The topological polar surface area (TPSA) is 54.9 Å². The molecule has 0 aliphatic carbocycles. The van der Waals surface area contributed by atoms with Gasteiger partial charge < -0.3 is 5.32 Å². The fourth-order valence-electron chi connectivity index (χ4n) is 2.42. The lowest BCUT2D eigenvalue weighted by molar-refractivity contribution is -0.115. The molecule has 4 aromatic rings. The van der Waals surface area contributed by atoms with Crippen LogP contribution in [0.1, 0.15) is 11.3 Å².